The molecule has 2 amide bonds. The summed E-state index contributed by atoms with van der Waals surface area (Å²) in [5.74, 6) is -2.10. The van der Waals surface area contributed by atoms with Gasteiger partial charge in [0.2, 0.25) is 5.91 Å². The normalized spacial score (nSPS) is 18.2. The van der Waals surface area contributed by atoms with Crippen molar-refractivity contribution in [3.05, 3.63) is 52.7 Å². The number of benzene rings is 1. The Kier molecular flexibility index (Phi) is 4.83. The quantitative estimate of drug-likeness (QED) is 0.753. The van der Waals surface area contributed by atoms with Crippen molar-refractivity contribution in [1.29, 1.82) is 0 Å². The number of carboxylic acid groups (broad SMARTS) is 1. The first-order valence-corrected chi connectivity index (χ1v) is 9.35. The number of anilines is 2. The maximum Gasteiger partial charge on any atom is 0.417 e. The molecule has 0 saturated carbocycles. The van der Waals surface area contributed by atoms with E-state index >= 15 is 0 Å². The van der Waals surface area contributed by atoms with Gasteiger partial charge in [0.05, 0.1) is 28.9 Å². The van der Waals surface area contributed by atoms with Crippen molar-refractivity contribution in [3.63, 3.8) is 0 Å². The molecule has 2 N–H and O–H groups in total. The number of carbonyl (C=O) groups excluding carboxylic acids is 2. The van der Waals surface area contributed by atoms with Crippen LogP contribution in [0.4, 0.5) is 24.7 Å². The molecule has 1 aromatic carbocycles. The summed E-state index contributed by atoms with van der Waals surface area (Å²) < 4.78 is 39.9. The predicted molar refractivity (Wildman–Crippen MR) is 103 cm³/mol. The maximum absolute atomic E-state index is 13.3. The summed E-state index contributed by atoms with van der Waals surface area (Å²) in [6, 6.07) is 3.68. The number of piperazine rings is 1. The number of aromatic nitrogens is 1. The summed E-state index contributed by atoms with van der Waals surface area (Å²) in [6.45, 7) is 1.66. The van der Waals surface area contributed by atoms with Crippen LogP contribution in [-0.2, 0) is 11.0 Å². The number of hydrogen-bond acceptors (Lipinski definition) is 5. The zero-order valence-corrected chi connectivity index (χ0v) is 16.2. The number of nitrogens with one attached hydrogen (secondary N) is 1. The second kappa shape index (κ2) is 7.25. The van der Waals surface area contributed by atoms with E-state index in [0.29, 0.717) is 11.4 Å². The fraction of sp³-hybridized carbons (Fsp3) is 0.300. The molecule has 162 valence electrons. The average Bonchev–Trinajstić information content (AvgIpc) is 2.73. The zero-order chi connectivity index (χ0) is 22.5. The summed E-state index contributed by atoms with van der Waals surface area (Å²) in [5, 5.41) is 11.9. The smallest absolute Gasteiger partial charge is 0.417 e. The van der Waals surface area contributed by atoms with Gasteiger partial charge in [0.25, 0.3) is 5.91 Å². The lowest BCUT2D eigenvalue weighted by Gasteiger charge is -2.44. The van der Waals surface area contributed by atoms with Gasteiger partial charge in [-0.2, -0.15) is 13.2 Å². The van der Waals surface area contributed by atoms with Gasteiger partial charge in [0.1, 0.15) is 6.04 Å². The number of aromatic carboxylic acids is 1. The van der Waals surface area contributed by atoms with Gasteiger partial charge in [-0.1, -0.05) is 12.1 Å². The number of amides is 2. The van der Waals surface area contributed by atoms with E-state index in [2.05, 4.69) is 10.3 Å². The van der Waals surface area contributed by atoms with Crippen molar-refractivity contribution in [2.24, 2.45) is 0 Å². The minimum atomic E-state index is -4.68. The minimum Gasteiger partial charge on any atom is -0.478 e. The molecule has 2 aliphatic rings. The molecule has 1 fully saturated rings. The van der Waals surface area contributed by atoms with Crippen LogP contribution in [0.5, 0.6) is 0 Å². The third kappa shape index (κ3) is 3.45. The number of fused-ring (bicyclic) bond motifs is 3. The Morgan fingerprint density at radius 2 is 1.90 bits per heavy atom. The lowest BCUT2D eigenvalue weighted by molar-refractivity contribution is -0.138. The number of hydrogen-bond donors (Lipinski definition) is 2. The highest BCUT2D eigenvalue weighted by Gasteiger charge is 2.42. The van der Waals surface area contributed by atoms with Crippen molar-refractivity contribution in [2.75, 3.05) is 29.9 Å². The molecule has 0 bridgehead atoms. The van der Waals surface area contributed by atoms with Crippen LogP contribution >= 0.6 is 0 Å². The molecule has 11 heteroatoms. The van der Waals surface area contributed by atoms with E-state index in [1.807, 2.05) is 0 Å². The molecule has 3 heterocycles. The number of halogens is 3. The minimum absolute atomic E-state index is 0.0462. The molecule has 8 nitrogen and oxygen atoms in total. The molecule has 0 radical (unpaired) electrons. The molecule has 4 rings (SSSR count). The molecule has 0 aliphatic carbocycles. The van der Waals surface area contributed by atoms with Gasteiger partial charge in [0.15, 0.2) is 5.82 Å². The monoisotopic (exact) mass is 434 g/mol. The molecule has 1 saturated heterocycles. The van der Waals surface area contributed by atoms with Crippen molar-refractivity contribution >= 4 is 29.3 Å². The van der Waals surface area contributed by atoms with Crippen LogP contribution in [0.3, 0.4) is 0 Å². The predicted octanol–water partition coefficient (Wildman–Crippen LogP) is 2.39. The number of carboxylic acids is 1. The standard InChI is InChI=1S/C20H17F3N4O4/c1-10-12(19(30)31)8-24-16-15(10)25-17(28)14-9-26(6-7-27(14)16)18(29)11-4-2-3-5-13(11)20(21,22)23/h2-5,8,14H,6-7,9H2,1H3,(H,25,28)(H,30,31). The highest BCUT2D eigenvalue weighted by molar-refractivity contribution is 6.06. The highest BCUT2D eigenvalue weighted by Crippen LogP contribution is 2.37. The second-order valence-electron chi connectivity index (χ2n) is 7.29. The second-order valence-corrected chi connectivity index (χ2v) is 7.29. The molecule has 2 aromatic rings. The van der Waals surface area contributed by atoms with E-state index in [4.69, 9.17) is 0 Å². The van der Waals surface area contributed by atoms with Crippen molar-refractivity contribution in [1.82, 2.24) is 9.88 Å². The van der Waals surface area contributed by atoms with Crippen LogP contribution in [0.25, 0.3) is 0 Å². The van der Waals surface area contributed by atoms with Gasteiger partial charge in [-0.25, -0.2) is 9.78 Å². The third-order valence-corrected chi connectivity index (χ3v) is 5.50. The molecular formula is C20H17F3N4O4. The molecule has 1 unspecified atom stereocenters. The summed E-state index contributed by atoms with van der Waals surface area (Å²) in [7, 11) is 0. The SMILES string of the molecule is Cc1c(C(=O)O)cnc2c1NC(=O)C1CN(C(=O)c3ccccc3C(F)(F)F)CCN21. The summed E-state index contributed by atoms with van der Waals surface area (Å²) >= 11 is 0. The van der Waals surface area contributed by atoms with E-state index < -0.39 is 41.1 Å². The fourth-order valence-electron chi connectivity index (χ4n) is 3.91. The third-order valence-electron chi connectivity index (χ3n) is 5.50. The molecular weight excluding hydrogens is 417 g/mol. The van der Waals surface area contributed by atoms with Gasteiger partial charge in [-0.15, -0.1) is 0 Å². The van der Waals surface area contributed by atoms with Crippen molar-refractivity contribution < 1.29 is 32.7 Å². The van der Waals surface area contributed by atoms with Gasteiger partial charge in [-0.05, 0) is 24.6 Å². The zero-order valence-electron chi connectivity index (χ0n) is 16.2. The molecule has 0 spiro atoms. The Labute approximate surface area is 174 Å². The van der Waals surface area contributed by atoms with Gasteiger partial charge >= 0.3 is 12.1 Å². The van der Waals surface area contributed by atoms with Crippen molar-refractivity contribution in [2.45, 2.75) is 19.1 Å². The van der Waals surface area contributed by atoms with Crippen LogP contribution in [0, 0.1) is 6.92 Å². The molecule has 1 atom stereocenters. The van der Waals surface area contributed by atoms with Crippen LogP contribution in [0.1, 0.15) is 31.8 Å². The Balaban J connectivity index is 1.63. The van der Waals surface area contributed by atoms with Crippen LogP contribution < -0.4 is 10.2 Å². The van der Waals surface area contributed by atoms with E-state index in [1.54, 1.807) is 11.8 Å². The molecule has 31 heavy (non-hydrogen) atoms. The van der Waals surface area contributed by atoms with E-state index in [0.717, 1.165) is 12.1 Å². The van der Waals surface area contributed by atoms with Crippen LogP contribution in [0.2, 0.25) is 0 Å². The van der Waals surface area contributed by atoms with Crippen LogP contribution in [0.15, 0.2) is 30.5 Å². The number of rotatable bonds is 2. The van der Waals surface area contributed by atoms with Gasteiger partial charge < -0.3 is 20.2 Å². The molecule has 1 aromatic heterocycles. The largest absolute Gasteiger partial charge is 0.478 e. The van der Waals surface area contributed by atoms with Crippen LogP contribution in [-0.4, -0.2) is 58.5 Å². The highest BCUT2D eigenvalue weighted by atomic mass is 19.4. The lowest BCUT2D eigenvalue weighted by atomic mass is 10.0. The van der Waals surface area contributed by atoms with Gasteiger partial charge in [0, 0.05) is 19.3 Å². The van der Waals surface area contributed by atoms with E-state index in [-0.39, 0.29) is 30.9 Å². The van der Waals surface area contributed by atoms with Crippen molar-refractivity contribution in [3.8, 4) is 0 Å². The topological polar surface area (TPSA) is 103 Å². The van der Waals surface area contributed by atoms with E-state index in [1.165, 1.54) is 23.2 Å². The molecule has 2 aliphatic heterocycles. The van der Waals surface area contributed by atoms with E-state index in [9.17, 15) is 32.7 Å². The summed E-state index contributed by atoms with van der Waals surface area (Å²) in [5.41, 5.74) is -0.917. The fourth-order valence-corrected chi connectivity index (χ4v) is 3.91. The first-order chi connectivity index (χ1) is 14.6. The Morgan fingerprint density at radius 1 is 1.19 bits per heavy atom. The Morgan fingerprint density at radius 3 is 2.58 bits per heavy atom. The number of nitrogens with zero attached hydrogens (tertiary/aromatic N) is 3. The van der Waals surface area contributed by atoms with Gasteiger partial charge in [-0.3, -0.25) is 9.59 Å². The number of pyridine rings is 1. The summed E-state index contributed by atoms with van der Waals surface area (Å²) in [4.78, 5) is 43.9. The first-order valence-electron chi connectivity index (χ1n) is 9.35. The summed E-state index contributed by atoms with van der Waals surface area (Å²) in [6.07, 6.45) is -3.49. The first kappa shape index (κ1) is 20.6. The average molecular weight is 434 g/mol. The Hall–Kier alpha value is -3.63. The Bertz CT molecular complexity index is 1100. The number of alkyl halides is 3. The lowest BCUT2D eigenvalue weighted by Crippen LogP contribution is -2.61. The number of carbonyl (C=O) groups is 3. The maximum atomic E-state index is 13.3.